The van der Waals surface area contributed by atoms with Crippen molar-refractivity contribution in [2.75, 3.05) is 11.9 Å². The number of nitrogens with one attached hydrogen (secondary N) is 3. The molecule has 7 heteroatoms. The van der Waals surface area contributed by atoms with Gasteiger partial charge >= 0.3 is 6.09 Å². The van der Waals surface area contributed by atoms with Crippen LogP contribution in [-0.4, -0.2) is 28.0 Å². The third-order valence-electron chi connectivity index (χ3n) is 1.56. The van der Waals surface area contributed by atoms with Crippen LogP contribution in [0.15, 0.2) is 6.20 Å². The second-order valence-corrected chi connectivity index (χ2v) is 3.14. The maximum Gasteiger partial charge on any atom is 0.413 e. The Bertz CT molecular complexity index is 365. The topological polar surface area (TPSA) is 79.0 Å². The lowest BCUT2D eigenvalue weighted by molar-refractivity contribution is 0.158. The maximum atomic E-state index is 11.0. The van der Waals surface area contributed by atoms with Gasteiger partial charge in [0, 0.05) is 5.56 Å². The molecule has 0 saturated carbocycles. The molecule has 1 rings (SSSR count). The molecule has 1 aromatic heterocycles. The Labute approximate surface area is 106 Å². The van der Waals surface area contributed by atoms with Crippen LogP contribution >= 0.6 is 12.2 Å². The summed E-state index contributed by atoms with van der Waals surface area (Å²) in [5, 5.41) is 11.8. The van der Waals surface area contributed by atoms with Crippen molar-refractivity contribution in [3.8, 4) is 0 Å². The van der Waals surface area contributed by atoms with Gasteiger partial charge in [-0.15, -0.1) is 0 Å². The van der Waals surface area contributed by atoms with Crippen molar-refractivity contribution in [3.63, 3.8) is 0 Å². The van der Waals surface area contributed by atoms with Crippen LogP contribution in [-0.2, 0) is 4.74 Å². The number of rotatable bonds is 2. The lowest BCUT2D eigenvalue weighted by Crippen LogP contribution is -2.34. The first-order valence-electron chi connectivity index (χ1n) is 5.38. The van der Waals surface area contributed by atoms with E-state index in [0.29, 0.717) is 12.4 Å². The third-order valence-corrected chi connectivity index (χ3v) is 1.76. The molecule has 0 spiro atoms. The van der Waals surface area contributed by atoms with E-state index in [1.807, 2.05) is 20.8 Å². The van der Waals surface area contributed by atoms with Gasteiger partial charge in [0.15, 0.2) is 5.11 Å². The van der Waals surface area contributed by atoms with Crippen LogP contribution in [0.1, 0.15) is 26.3 Å². The smallest absolute Gasteiger partial charge is 0.413 e. The molecular formula is C10H18N4O2S. The van der Waals surface area contributed by atoms with Crippen LogP contribution in [0.4, 0.5) is 10.6 Å². The summed E-state index contributed by atoms with van der Waals surface area (Å²) in [6.45, 7) is 7.88. The molecule has 17 heavy (non-hydrogen) atoms. The Morgan fingerprint density at radius 3 is 2.71 bits per heavy atom. The van der Waals surface area contributed by atoms with E-state index in [1.165, 1.54) is 0 Å². The zero-order chi connectivity index (χ0) is 13.3. The van der Waals surface area contributed by atoms with Crippen molar-refractivity contribution in [3.05, 3.63) is 11.8 Å². The minimum atomic E-state index is -0.577. The van der Waals surface area contributed by atoms with Crippen LogP contribution in [0, 0.1) is 6.92 Å². The summed E-state index contributed by atoms with van der Waals surface area (Å²) in [7, 11) is 0. The molecule has 0 aliphatic rings. The molecule has 0 aliphatic heterocycles. The summed E-state index contributed by atoms with van der Waals surface area (Å²) in [5.74, 6) is 0.650. The van der Waals surface area contributed by atoms with Crippen molar-refractivity contribution in [2.45, 2.75) is 27.7 Å². The van der Waals surface area contributed by atoms with Crippen molar-refractivity contribution < 1.29 is 9.53 Å². The number of thiocarbonyl (C=S) groups is 1. The highest BCUT2D eigenvalue weighted by atomic mass is 32.1. The Balaban J connectivity index is 0.00000121. The largest absolute Gasteiger partial charge is 0.450 e. The predicted octanol–water partition coefficient (Wildman–Crippen LogP) is 2.19. The fraction of sp³-hybridized carbons (Fsp3) is 0.500. The van der Waals surface area contributed by atoms with Gasteiger partial charge in [-0.05, 0) is 26.1 Å². The number of carbonyl (C=O) groups is 1. The third kappa shape index (κ3) is 5.86. The molecule has 3 N–H and O–H groups in total. The van der Waals surface area contributed by atoms with Gasteiger partial charge in [-0.2, -0.15) is 5.10 Å². The molecule has 1 heterocycles. The molecule has 96 valence electrons. The average Bonchev–Trinajstić information content (AvgIpc) is 2.67. The molecular weight excluding hydrogens is 240 g/mol. The quantitative estimate of drug-likeness (QED) is 0.709. The fourth-order valence-corrected chi connectivity index (χ4v) is 1.06. The molecule has 0 aliphatic carbocycles. The van der Waals surface area contributed by atoms with Crippen LogP contribution < -0.4 is 10.6 Å². The second kappa shape index (κ2) is 8.51. The van der Waals surface area contributed by atoms with Gasteiger partial charge in [-0.3, -0.25) is 10.4 Å². The van der Waals surface area contributed by atoms with E-state index in [-0.39, 0.29) is 5.11 Å². The number of carbonyl (C=O) groups excluding carboxylic acids is 1. The van der Waals surface area contributed by atoms with E-state index in [0.717, 1.165) is 5.56 Å². The number of H-pyrrole nitrogens is 1. The predicted molar refractivity (Wildman–Crippen MR) is 71.1 cm³/mol. The first-order chi connectivity index (χ1) is 8.13. The molecule has 0 bridgehead atoms. The number of nitrogens with zero attached hydrogens (tertiary/aromatic N) is 1. The van der Waals surface area contributed by atoms with E-state index in [1.54, 1.807) is 13.1 Å². The number of amides is 1. The number of alkyl carbamates (subject to hydrolysis) is 1. The van der Waals surface area contributed by atoms with Crippen molar-refractivity contribution in [2.24, 2.45) is 0 Å². The molecule has 1 amide bonds. The number of anilines is 1. The number of ether oxygens (including phenoxy) is 1. The van der Waals surface area contributed by atoms with Gasteiger partial charge in [0.1, 0.15) is 5.82 Å². The lowest BCUT2D eigenvalue weighted by atomic mass is 10.4. The van der Waals surface area contributed by atoms with Crippen LogP contribution in [0.25, 0.3) is 0 Å². The van der Waals surface area contributed by atoms with Gasteiger partial charge in [0.2, 0.25) is 0 Å². The number of aryl methyl sites for hydroxylation is 1. The zero-order valence-electron chi connectivity index (χ0n) is 10.5. The summed E-state index contributed by atoms with van der Waals surface area (Å²) >= 11 is 4.88. The van der Waals surface area contributed by atoms with E-state index in [2.05, 4.69) is 25.6 Å². The van der Waals surface area contributed by atoms with Gasteiger partial charge < -0.3 is 10.1 Å². The normalized spacial score (nSPS) is 8.71. The van der Waals surface area contributed by atoms with Crippen LogP contribution in [0.3, 0.4) is 0 Å². The molecule has 0 fully saturated rings. The Hall–Kier alpha value is -1.63. The Kier molecular flexibility index (Phi) is 7.70. The Morgan fingerprint density at radius 2 is 2.24 bits per heavy atom. The zero-order valence-corrected chi connectivity index (χ0v) is 11.3. The minimum Gasteiger partial charge on any atom is -0.450 e. The molecule has 0 unspecified atom stereocenters. The van der Waals surface area contributed by atoms with Crippen LogP contribution in [0.5, 0.6) is 0 Å². The number of hydrogen-bond acceptors (Lipinski definition) is 4. The first kappa shape index (κ1) is 15.4. The summed E-state index contributed by atoms with van der Waals surface area (Å²) < 4.78 is 4.66. The SMILES string of the molecule is CC.CCOC(=O)NC(=S)Nc1[nH]ncc1C. The highest BCUT2D eigenvalue weighted by Gasteiger charge is 2.06. The van der Waals surface area contributed by atoms with E-state index >= 15 is 0 Å². The summed E-state index contributed by atoms with van der Waals surface area (Å²) in [5.41, 5.74) is 0.906. The number of aromatic nitrogens is 2. The highest BCUT2D eigenvalue weighted by molar-refractivity contribution is 7.80. The lowest BCUT2D eigenvalue weighted by Gasteiger charge is -2.07. The van der Waals surface area contributed by atoms with Crippen molar-refractivity contribution >= 4 is 29.2 Å². The van der Waals surface area contributed by atoms with Gasteiger partial charge in [0.25, 0.3) is 0 Å². The highest BCUT2D eigenvalue weighted by Crippen LogP contribution is 2.07. The van der Waals surface area contributed by atoms with Gasteiger partial charge in [0.05, 0.1) is 12.8 Å². The average molecular weight is 258 g/mol. The summed E-state index contributed by atoms with van der Waals surface area (Å²) in [6, 6.07) is 0. The maximum absolute atomic E-state index is 11.0. The van der Waals surface area contributed by atoms with Crippen molar-refractivity contribution in [1.29, 1.82) is 0 Å². The molecule has 0 saturated heterocycles. The van der Waals surface area contributed by atoms with Gasteiger partial charge in [-0.1, -0.05) is 13.8 Å². The van der Waals surface area contributed by atoms with Crippen molar-refractivity contribution in [1.82, 2.24) is 15.5 Å². The van der Waals surface area contributed by atoms with Gasteiger partial charge in [-0.25, -0.2) is 4.79 Å². The van der Waals surface area contributed by atoms with E-state index < -0.39 is 6.09 Å². The van der Waals surface area contributed by atoms with E-state index in [4.69, 9.17) is 12.2 Å². The first-order valence-corrected chi connectivity index (χ1v) is 5.79. The summed E-state index contributed by atoms with van der Waals surface area (Å²) in [6.07, 6.45) is 1.07. The standard InChI is InChI=1S/C8H12N4O2S.C2H6/c1-3-14-8(13)11-7(15)10-6-5(2)4-9-12-6;1-2/h4H,3H2,1-2H3,(H3,9,10,11,12,13,15);1-2H3. The van der Waals surface area contributed by atoms with E-state index in [9.17, 15) is 4.79 Å². The monoisotopic (exact) mass is 258 g/mol. The molecule has 0 atom stereocenters. The molecule has 6 nitrogen and oxygen atoms in total. The van der Waals surface area contributed by atoms with Crippen LogP contribution in [0.2, 0.25) is 0 Å². The fourth-order valence-electron chi connectivity index (χ4n) is 0.878. The molecule has 0 radical (unpaired) electrons. The minimum absolute atomic E-state index is 0.167. The number of aromatic amines is 1. The number of hydrogen-bond donors (Lipinski definition) is 3. The molecule has 1 aromatic rings. The second-order valence-electron chi connectivity index (χ2n) is 2.73. The Morgan fingerprint density at radius 1 is 1.59 bits per heavy atom. The molecule has 0 aromatic carbocycles. The summed E-state index contributed by atoms with van der Waals surface area (Å²) in [4.78, 5) is 11.0.